The predicted octanol–water partition coefficient (Wildman–Crippen LogP) is 3.89. The highest BCUT2D eigenvalue weighted by Gasteiger charge is 2.38. The van der Waals surface area contributed by atoms with E-state index in [1.54, 1.807) is 0 Å². The molecule has 0 aromatic rings. The van der Waals surface area contributed by atoms with Crippen molar-refractivity contribution in [1.82, 2.24) is 4.90 Å². The molecule has 19 heavy (non-hydrogen) atoms. The Hall–Kier alpha value is -0.370. The van der Waals surface area contributed by atoms with Crippen molar-refractivity contribution in [3.63, 3.8) is 0 Å². The van der Waals surface area contributed by atoms with Gasteiger partial charge in [0.1, 0.15) is 5.78 Å². The molecule has 0 aliphatic heterocycles. The first-order chi connectivity index (χ1) is 8.90. The molecular weight excluding hydrogens is 234 g/mol. The molecule has 2 saturated carbocycles. The zero-order valence-corrected chi connectivity index (χ0v) is 13.2. The zero-order chi connectivity index (χ0) is 14.0. The number of carbonyl (C=O) groups excluding carboxylic acids is 1. The minimum absolute atomic E-state index is 0.0785. The second-order valence-electron chi connectivity index (χ2n) is 7.69. The van der Waals surface area contributed by atoms with Crippen molar-refractivity contribution in [1.29, 1.82) is 0 Å². The molecule has 0 heterocycles. The summed E-state index contributed by atoms with van der Waals surface area (Å²) in [6.07, 6.45) is 8.77. The minimum Gasteiger partial charge on any atom is -0.303 e. The average Bonchev–Trinajstić information content (AvgIpc) is 2.35. The second-order valence-corrected chi connectivity index (χ2v) is 7.69. The lowest BCUT2D eigenvalue weighted by molar-refractivity contribution is -0.135. The van der Waals surface area contributed by atoms with Gasteiger partial charge in [0.25, 0.3) is 0 Å². The van der Waals surface area contributed by atoms with Gasteiger partial charge in [0.05, 0.1) is 0 Å². The van der Waals surface area contributed by atoms with Gasteiger partial charge in [-0.2, -0.15) is 0 Å². The summed E-state index contributed by atoms with van der Waals surface area (Å²) in [5, 5.41) is 0. The van der Waals surface area contributed by atoms with E-state index in [1.807, 2.05) is 0 Å². The predicted molar refractivity (Wildman–Crippen MR) is 80.2 cm³/mol. The third kappa shape index (κ3) is 3.59. The van der Waals surface area contributed by atoms with Crippen LogP contribution in [0.2, 0.25) is 0 Å². The van der Waals surface area contributed by atoms with Gasteiger partial charge in [-0.15, -0.1) is 0 Å². The number of hydrogen-bond acceptors (Lipinski definition) is 2. The summed E-state index contributed by atoms with van der Waals surface area (Å²) >= 11 is 0. The van der Waals surface area contributed by atoms with E-state index in [9.17, 15) is 4.79 Å². The van der Waals surface area contributed by atoms with Crippen LogP contribution < -0.4 is 0 Å². The van der Waals surface area contributed by atoms with Crippen LogP contribution in [-0.2, 0) is 4.79 Å². The molecule has 1 unspecified atom stereocenters. The van der Waals surface area contributed by atoms with Crippen molar-refractivity contribution in [2.45, 2.75) is 71.8 Å². The van der Waals surface area contributed by atoms with E-state index in [2.05, 4.69) is 32.7 Å². The van der Waals surface area contributed by atoms with Crippen LogP contribution in [0.3, 0.4) is 0 Å². The fourth-order valence-electron chi connectivity index (χ4n) is 3.95. The Morgan fingerprint density at radius 2 is 1.79 bits per heavy atom. The smallest absolute Gasteiger partial charge is 0.142 e. The molecule has 110 valence electrons. The number of Topliss-reactive ketones (excluding diaryl/α,β-unsaturated/α-hetero) is 1. The maximum Gasteiger partial charge on any atom is 0.142 e. The Kier molecular flexibility index (Phi) is 4.70. The lowest BCUT2D eigenvalue weighted by atomic mass is 9.71. The van der Waals surface area contributed by atoms with Crippen molar-refractivity contribution >= 4 is 5.78 Å². The summed E-state index contributed by atoms with van der Waals surface area (Å²) in [7, 11) is 2.23. The number of rotatable bonds is 3. The van der Waals surface area contributed by atoms with E-state index in [-0.39, 0.29) is 11.3 Å². The quantitative estimate of drug-likeness (QED) is 0.771. The molecule has 0 N–H and O–H groups in total. The molecule has 0 saturated heterocycles. The fourth-order valence-corrected chi connectivity index (χ4v) is 3.95. The van der Waals surface area contributed by atoms with Gasteiger partial charge < -0.3 is 4.90 Å². The van der Waals surface area contributed by atoms with Crippen molar-refractivity contribution in [3.8, 4) is 0 Å². The Morgan fingerprint density at radius 3 is 2.42 bits per heavy atom. The van der Waals surface area contributed by atoms with Gasteiger partial charge in [-0.05, 0) is 51.5 Å². The molecule has 0 bridgehead atoms. The average molecular weight is 265 g/mol. The first-order valence-electron chi connectivity index (χ1n) is 8.14. The SMILES string of the molecule is CC1CCC(N(C)CC2CCCC(C)(C)C2=O)CC1. The number of ketones is 1. The highest BCUT2D eigenvalue weighted by molar-refractivity contribution is 5.87. The summed E-state index contributed by atoms with van der Waals surface area (Å²) in [4.78, 5) is 15.0. The monoisotopic (exact) mass is 265 g/mol. The maximum atomic E-state index is 12.5. The molecule has 2 aliphatic carbocycles. The van der Waals surface area contributed by atoms with Gasteiger partial charge in [0.15, 0.2) is 0 Å². The third-order valence-corrected chi connectivity index (χ3v) is 5.51. The summed E-state index contributed by atoms with van der Waals surface area (Å²) in [6, 6.07) is 0.717. The number of hydrogen-bond donors (Lipinski definition) is 0. The van der Waals surface area contributed by atoms with Gasteiger partial charge in [-0.1, -0.05) is 27.2 Å². The van der Waals surface area contributed by atoms with E-state index in [0.29, 0.717) is 11.8 Å². The summed E-state index contributed by atoms with van der Waals surface area (Å²) in [5.74, 6) is 1.70. The molecule has 0 aromatic heterocycles. The van der Waals surface area contributed by atoms with Crippen molar-refractivity contribution in [2.75, 3.05) is 13.6 Å². The van der Waals surface area contributed by atoms with E-state index in [0.717, 1.165) is 25.3 Å². The van der Waals surface area contributed by atoms with Crippen LogP contribution in [-0.4, -0.2) is 30.3 Å². The molecule has 0 amide bonds. The van der Waals surface area contributed by atoms with Crippen LogP contribution in [0.5, 0.6) is 0 Å². The molecular formula is C17H31NO. The Balaban J connectivity index is 1.88. The van der Waals surface area contributed by atoms with Gasteiger partial charge in [0.2, 0.25) is 0 Å². The van der Waals surface area contributed by atoms with E-state index in [4.69, 9.17) is 0 Å². The van der Waals surface area contributed by atoms with Crippen LogP contribution in [0.25, 0.3) is 0 Å². The largest absolute Gasteiger partial charge is 0.303 e. The Labute approximate surface area is 118 Å². The van der Waals surface area contributed by atoms with Crippen LogP contribution in [0.1, 0.15) is 65.7 Å². The molecule has 0 aromatic carbocycles. The van der Waals surface area contributed by atoms with E-state index >= 15 is 0 Å². The Morgan fingerprint density at radius 1 is 1.16 bits per heavy atom. The normalized spacial score (nSPS) is 35.6. The van der Waals surface area contributed by atoms with Gasteiger partial charge in [-0.3, -0.25) is 4.79 Å². The highest BCUT2D eigenvalue weighted by Crippen LogP contribution is 2.36. The lowest BCUT2D eigenvalue weighted by Crippen LogP contribution is -2.44. The third-order valence-electron chi connectivity index (χ3n) is 5.51. The van der Waals surface area contributed by atoms with E-state index in [1.165, 1.54) is 32.1 Å². The summed E-state index contributed by atoms with van der Waals surface area (Å²) in [6.45, 7) is 7.61. The summed E-state index contributed by atoms with van der Waals surface area (Å²) in [5.41, 5.74) is -0.0785. The van der Waals surface area contributed by atoms with Crippen molar-refractivity contribution < 1.29 is 4.79 Å². The molecule has 0 spiro atoms. The van der Waals surface area contributed by atoms with Crippen LogP contribution in [0.4, 0.5) is 0 Å². The van der Waals surface area contributed by atoms with Gasteiger partial charge >= 0.3 is 0 Å². The second kappa shape index (κ2) is 5.95. The van der Waals surface area contributed by atoms with E-state index < -0.39 is 0 Å². The lowest BCUT2D eigenvalue weighted by Gasteiger charge is -2.39. The molecule has 2 heteroatoms. The molecule has 2 fully saturated rings. The molecule has 2 nitrogen and oxygen atoms in total. The van der Waals surface area contributed by atoms with Crippen LogP contribution in [0.15, 0.2) is 0 Å². The molecule has 2 aliphatic rings. The van der Waals surface area contributed by atoms with Crippen LogP contribution in [0, 0.1) is 17.3 Å². The summed E-state index contributed by atoms with van der Waals surface area (Å²) < 4.78 is 0. The Bertz CT molecular complexity index is 315. The maximum absolute atomic E-state index is 12.5. The highest BCUT2D eigenvalue weighted by atomic mass is 16.1. The first kappa shape index (κ1) is 15.0. The topological polar surface area (TPSA) is 20.3 Å². The molecule has 2 rings (SSSR count). The zero-order valence-electron chi connectivity index (χ0n) is 13.2. The number of carbonyl (C=O) groups is 1. The molecule has 0 radical (unpaired) electrons. The van der Waals surface area contributed by atoms with Crippen molar-refractivity contribution in [2.24, 2.45) is 17.3 Å². The van der Waals surface area contributed by atoms with Gasteiger partial charge in [-0.25, -0.2) is 0 Å². The van der Waals surface area contributed by atoms with Gasteiger partial charge in [0, 0.05) is 23.9 Å². The standard InChI is InChI=1S/C17H31NO/c1-13-7-9-15(10-8-13)18(4)12-14-6-5-11-17(2,3)16(14)19/h13-15H,5-12H2,1-4H3. The van der Waals surface area contributed by atoms with Crippen LogP contribution >= 0.6 is 0 Å². The number of nitrogens with zero attached hydrogens (tertiary/aromatic N) is 1. The fraction of sp³-hybridized carbons (Fsp3) is 0.941. The minimum atomic E-state index is -0.0785. The first-order valence-corrected chi connectivity index (χ1v) is 8.14. The molecule has 1 atom stereocenters. The van der Waals surface area contributed by atoms with Crippen molar-refractivity contribution in [3.05, 3.63) is 0 Å².